The zero-order valence-corrected chi connectivity index (χ0v) is 14.8. The molecule has 3 heteroatoms. The summed E-state index contributed by atoms with van der Waals surface area (Å²) in [6.07, 6.45) is 6.92. The fourth-order valence-corrected chi connectivity index (χ4v) is 5.84. The highest BCUT2D eigenvalue weighted by atomic mass is 16.2. The molecular weight excluding hydrogens is 296 g/mol. The number of carbonyl (C=O) groups excluding carboxylic acids is 1. The Morgan fingerprint density at radius 2 is 2.04 bits per heavy atom. The smallest absolute Gasteiger partial charge is 0.229 e. The van der Waals surface area contributed by atoms with Crippen LogP contribution in [-0.2, 0) is 11.2 Å². The lowest BCUT2D eigenvalue weighted by atomic mass is 9.68. The maximum atomic E-state index is 13.7. The number of amides is 1. The Morgan fingerprint density at radius 3 is 2.62 bits per heavy atom. The molecule has 3 fully saturated rings. The summed E-state index contributed by atoms with van der Waals surface area (Å²) in [6.45, 7) is 3.77. The molecule has 2 N–H and O–H groups in total. The molecule has 2 aliphatic carbocycles. The lowest BCUT2D eigenvalue weighted by molar-refractivity contribution is -0.146. The van der Waals surface area contributed by atoms with E-state index in [1.54, 1.807) is 0 Å². The highest BCUT2D eigenvalue weighted by Crippen LogP contribution is 2.58. The number of hydrogen-bond acceptors (Lipinski definition) is 2. The minimum absolute atomic E-state index is 0.151. The van der Waals surface area contributed by atoms with Gasteiger partial charge in [0.1, 0.15) is 0 Å². The molecule has 1 saturated heterocycles. The molecule has 1 amide bonds. The third-order valence-corrected chi connectivity index (χ3v) is 7.02. The molecule has 2 saturated carbocycles. The fourth-order valence-electron chi connectivity index (χ4n) is 5.84. The van der Waals surface area contributed by atoms with Crippen molar-refractivity contribution in [1.82, 2.24) is 4.90 Å². The summed E-state index contributed by atoms with van der Waals surface area (Å²) in [6, 6.07) is 11.0. The second kappa shape index (κ2) is 6.18. The van der Waals surface area contributed by atoms with Gasteiger partial charge in [-0.25, -0.2) is 0 Å². The van der Waals surface area contributed by atoms with Crippen molar-refractivity contribution in [2.45, 2.75) is 51.5 Å². The molecule has 0 aromatic heterocycles. The Balaban J connectivity index is 1.63. The predicted molar refractivity (Wildman–Crippen MR) is 96.4 cm³/mol. The average Bonchev–Trinajstić information content (AvgIpc) is 3.29. The van der Waals surface area contributed by atoms with Crippen LogP contribution in [0.5, 0.6) is 0 Å². The molecular formula is C21H30N2O. The quantitative estimate of drug-likeness (QED) is 0.923. The molecule has 3 aliphatic rings. The summed E-state index contributed by atoms with van der Waals surface area (Å²) in [7, 11) is 0. The molecule has 24 heavy (non-hydrogen) atoms. The highest BCUT2D eigenvalue weighted by Gasteiger charge is 2.57. The number of nitrogens with zero attached hydrogens (tertiary/aromatic N) is 1. The minimum Gasteiger partial charge on any atom is -0.339 e. The number of benzene rings is 1. The van der Waals surface area contributed by atoms with E-state index in [1.807, 2.05) is 0 Å². The summed E-state index contributed by atoms with van der Waals surface area (Å²) in [5.74, 6) is 2.27. The number of rotatable bonds is 4. The van der Waals surface area contributed by atoms with Crippen molar-refractivity contribution in [3.63, 3.8) is 0 Å². The number of fused-ring (bicyclic) bond motifs is 2. The first-order valence-corrected chi connectivity index (χ1v) is 9.67. The van der Waals surface area contributed by atoms with E-state index in [0.717, 1.165) is 31.7 Å². The summed E-state index contributed by atoms with van der Waals surface area (Å²) in [5, 5.41) is 0. The largest absolute Gasteiger partial charge is 0.339 e. The highest BCUT2D eigenvalue weighted by molar-refractivity contribution is 5.84. The van der Waals surface area contributed by atoms with E-state index in [-0.39, 0.29) is 5.41 Å². The molecule has 130 valence electrons. The van der Waals surface area contributed by atoms with Crippen LogP contribution in [-0.4, -0.2) is 29.9 Å². The molecule has 0 spiro atoms. The van der Waals surface area contributed by atoms with Crippen LogP contribution < -0.4 is 5.73 Å². The molecule has 1 aliphatic heterocycles. The van der Waals surface area contributed by atoms with Gasteiger partial charge in [0.15, 0.2) is 0 Å². The van der Waals surface area contributed by atoms with Crippen LogP contribution in [0.3, 0.4) is 0 Å². The van der Waals surface area contributed by atoms with Crippen LogP contribution in [0.15, 0.2) is 30.3 Å². The van der Waals surface area contributed by atoms with Crippen LogP contribution in [0, 0.1) is 23.2 Å². The van der Waals surface area contributed by atoms with E-state index < -0.39 is 0 Å². The number of nitrogens with two attached hydrogens (primary N) is 1. The molecule has 5 atom stereocenters. The average molecular weight is 326 g/mol. The summed E-state index contributed by atoms with van der Waals surface area (Å²) in [4.78, 5) is 15.9. The number of likely N-dealkylation sites (tertiary alicyclic amines) is 1. The van der Waals surface area contributed by atoms with Crippen molar-refractivity contribution < 1.29 is 4.79 Å². The van der Waals surface area contributed by atoms with Crippen LogP contribution in [0.4, 0.5) is 0 Å². The van der Waals surface area contributed by atoms with Crippen LogP contribution >= 0.6 is 0 Å². The van der Waals surface area contributed by atoms with Gasteiger partial charge in [-0.2, -0.15) is 0 Å². The SMILES string of the molecule is CC1CC(CN)CN1C(=O)C1(Cc2ccccc2)CC2CCC1C2. The third-order valence-electron chi connectivity index (χ3n) is 7.02. The van der Waals surface area contributed by atoms with Crippen molar-refractivity contribution in [3.8, 4) is 0 Å². The second-order valence-corrected chi connectivity index (χ2v) is 8.54. The summed E-state index contributed by atoms with van der Waals surface area (Å²) < 4.78 is 0. The van der Waals surface area contributed by atoms with E-state index >= 15 is 0 Å². The zero-order chi connectivity index (χ0) is 16.7. The molecule has 1 heterocycles. The van der Waals surface area contributed by atoms with Crippen LogP contribution in [0.25, 0.3) is 0 Å². The molecule has 1 aromatic rings. The first-order valence-electron chi connectivity index (χ1n) is 9.67. The Morgan fingerprint density at radius 1 is 1.25 bits per heavy atom. The topological polar surface area (TPSA) is 46.3 Å². The van der Waals surface area contributed by atoms with Crippen molar-refractivity contribution in [2.75, 3.05) is 13.1 Å². The summed E-state index contributed by atoms with van der Waals surface area (Å²) >= 11 is 0. The van der Waals surface area contributed by atoms with Gasteiger partial charge in [0, 0.05) is 12.6 Å². The normalized spacial score (nSPS) is 38.0. The van der Waals surface area contributed by atoms with E-state index in [0.29, 0.717) is 30.3 Å². The van der Waals surface area contributed by atoms with Gasteiger partial charge < -0.3 is 10.6 Å². The van der Waals surface area contributed by atoms with Gasteiger partial charge in [-0.15, -0.1) is 0 Å². The second-order valence-electron chi connectivity index (χ2n) is 8.54. The standard InChI is InChI=1S/C21H30N2O/c1-15-9-18(13-22)14-23(15)20(24)21(11-16-5-3-2-4-6-16)12-17-7-8-19(21)10-17/h2-6,15,17-19H,7-14,22H2,1H3. The lowest BCUT2D eigenvalue weighted by Gasteiger charge is -2.41. The van der Waals surface area contributed by atoms with E-state index in [1.165, 1.54) is 24.8 Å². The fraction of sp³-hybridized carbons (Fsp3) is 0.667. The Hall–Kier alpha value is -1.35. The van der Waals surface area contributed by atoms with Gasteiger partial charge in [0.05, 0.1) is 5.41 Å². The van der Waals surface area contributed by atoms with Gasteiger partial charge >= 0.3 is 0 Å². The monoisotopic (exact) mass is 326 g/mol. The molecule has 3 nitrogen and oxygen atoms in total. The molecule has 0 radical (unpaired) electrons. The van der Waals surface area contributed by atoms with Crippen molar-refractivity contribution in [1.29, 1.82) is 0 Å². The Kier molecular flexibility index (Phi) is 4.16. The Bertz CT molecular complexity index is 601. The van der Waals surface area contributed by atoms with Crippen LogP contribution in [0.1, 0.15) is 44.6 Å². The van der Waals surface area contributed by atoms with Gasteiger partial charge in [-0.1, -0.05) is 36.8 Å². The number of carbonyl (C=O) groups is 1. The van der Waals surface area contributed by atoms with Gasteiger partial charge in [-0.3, -0.25) is 4.79 Å². The van der Waals surface area contributed by atoms with Gasteiger partial charge in [0.25, 0.3) is 0 Å². The first-order chi connectivity index (χ1) is 11.6. The molecule has 4 rings (SSSR count). The maximum Gasteiger partial charge on any atom is 0.229 e. The van der Waals surface area contributed by atoms with Gasteiger partial charge in [0.2, 0.25) is 5.91 Å². The van der Waals surface area contributed by atoms with E-state index in [2.05, 4.69) is 42.2 Å². The maximum absolute atomic E-state index is 13.7. The zero-order valence-electron chi connectivity index (χ0n) is 14.8. The third kappa shape index (κ3) is 2.57. The van der Waals surface area contributed by atoms with E-state index in [9.17, 15) is 4.79 Å². The van der Waals surface area contributed by atoms with Crippen LogP contribution in [0.2, 0.25) is 0 Å². The molecule has 2 bridgehead atoms. The van der Waals surface area contributed by atoms with Crippen molar-refractivity contribution in [3.05, 3.63) is 35.9 Å². The minimum atomic E-state index is -0.151. The van der Waals surface area contributed by atoms with Crippen molar-refractivity contribution in [2.24, 2.45) is 28.9 Å². The number of hydrogen-bond donors (Lipinski definition) is 1. The predicted octanol–water partition coefficient (Wildman–Crippen LogP) is 3.23. The van der Waals surface area contributed by atoms with E-state index in [4.69, 9.17) is 5.73 Å². The molecule has 5 unspecified atom stereocenters. The lowest BCUT2D eigenvalue weighted by Crippen LogP contribution is -2.49. The molecule has 1 aromatic carbocycles. The Labute approximate surface area is 145 Å². The van der Waals surface area contributed by atoms with Crippen molar-refractivity contribution >= 4 is 5.91 Å². The first kappa shape index (κ1) is 16.1. The summed E-state index contributed by atoms with van der Waals surface area (Å²) in [5.41, 5.74) is 7.06. The van der Waals surface area contributed by atoms with Gasteiger partial charge in [-0.05, 0) is 68.9 Å².